The monoisotopic (exact) mass is 238 g/mol. The molecule has 0 bridgehead atoms. The Morgan fingerprint density at radius 3 is 2.24 bits per heavy atom. The van der Waals surface area contributed by atoms with E-state index in [0.717, 1.165) is 31.0 Å². The standard InChI is InChI=1S/C14H13F3/c1-2-3-4-9-5-11(15)6-10-7-12(16)8-13(17)14(9)10/h5-8H,2-4H2,1H3. The van der Waals surface area contributed by atoms with Crippen molar-refractivity contribution < 1.29 is 13.2 Å². The van der Waals surface area contributed by atoms with Gasteiger partial charge in [-0.05, 0) is 42.0 Å². The highest BCUT2D eigenvalue weighted by Crippen LogP contribution is 2.26. The van der Waals surface area contributed by atoms with Crippen LogP contribution in [0.25, 0.3) is 10.8 Å². The minimum absolute atomic E-state index is 0.286. The molecule has 3 heteroatoms. The maximum atomic E-state index is 13.7. The molecule has 0 heterocycles. The summed E-state index contributed by atoms with van der Waals surface area (Å²) in [5.74, 6) is -1.75. The van der Waals surface area contributed by atoms with Gasteiger partial charge in [-0.25, -0.2) is 13.2 Å². The van der Waals surface area contributed by atoms with Crippen molar-refractivity contribution in [2.45, 2.75) is 26.2 Å². The Hall–Kier alpha value is -1.51. The van der Waals surface area contributed by atoms with E-state index < -0.39 is 17.5 Å². The molecule has 0 atom stereocenters. The number of rotatable bonds is 3. The Labute approximate surface area is 98.1 Å². The van der Waals surface area contributed by atoms with Crippen molar-refractivity contribution in [3.63, 3.8) is 0 Å². The number of aryl methyl sites for hydroxylation is 1. The van der Waals surface area contributed by atoms with Gasteiger partial charge < -0.3 is 0 Å². The summed E-state index contributed by atoms with van der Waals surface area (Å²) in [6.07, 6.45) is 2.41. The van der Waals surface area contributed by atoms with Crippen molar-refractivity contribution >= 4 is 10.8 Å². The summed E-state index contributed by atoms with van der Waals surface area (Å²) in [6.45, 7) is 2.01. The average molecular weight is 238 g/mol. The highest BCUT2D eigenvalue weighted by molar-refractivity contribution is 5.86. The maximum Gasteiger partial charge on any atom is 0.134 e. The van der Waals surface area contributed by atoms with Gasteiger partial charge in [0.1, 0.15) is 17.5 Å². The Bertz CT molecular complexity index is 541. The van der Waals surface area contributed by atoms with Crippen LogP contribution in [0.1, 0.15) is 25.3 Å². The van der Waals surface area contributed by atoms with E-state index in [1.54, 1.807) is 0 Å². The van der Waals surface area contributed by atoms with E-state index in [0.29, 0.717) is 17.4 Å². The lowest BCUT2D eigenvalue weighted by Crippen LogP contribution is -1.93. The Balaban J connectivity index is 2.65. The third-order valence-corrected chi connectivity index (χ3v) is 2.81. The third-order valence-electron chi connectivity index (χ3n) is 2.81. The number of hydrogen-bond donors (Lipinski definition) is 0. The lowest BCUT2D eigenvalue weighted by molar-refractivity contribution is 0.589. The fraction of sp³-hybridized carbons (Fsp3) is 0.286. The second kappa shape index (κ2) is 4.78. The quantitative estimate of drug-likeness (QED) is 0.733. The lowest BCUT2D eigenvalue weighted by Gasteiger charge is -2.08. The van der Waals surface area contributed by atoms with Gasteiger partial charge in [-0.3, -0.25) is 0 Å². The van der Waals surface area contributed by atoms with Crippen molar-refractivity contribution in [3.8, 4) is 0 Å². The summed E-state index contributed by atoms with van der Waals surface area (Å²) in [7, 11) is 0. The van der Waals surface area contributed by atoms with Gasteiger partial charge in [-0.2, -0.15) is 0 Å². The lowest BCUT2D eigenvalue weighted by atomic mass is 9.99. The van der Waals surface area contributed by atoms with Crippen LogP contribution in [0.4, 0.5) is 13.2 Å². The topological polar surface area (TPSA) is 0 Å². The molecule has 17 heavy (non-hydrogen) atoms. The molecule has 0 aliphatic heterocycles. The zero-order valence-corrected chi connectivity index (χ0v) is 9.56. The molecular formula is C14H13F3. The molecule has 0 saturated heterocycles. The van der Waals surface area contributed by atoms with Gasteiger partial charge in [0.25, 0.3) is 0 Å². The predicted octanol–water partition coefficient (Wildman–Crippen LogP) is 4.60. The molecule has 2 aromatic carbocycles. The molecule has 2 rings (SSSR count). The fourth-order valence-corrected chi connectivity index (χ4v) is 2.04. The average Bonchev–Trinajstić information content (AvgIpc) is 2.24. The summed E-state index contributed by atoms with van der Waals surface area (Å²) in [5, 5.41) is 0.620. The fourth-order valence-electron chi connectivity index (χ4n) is 2.04. The number of unbranched alkanes of at least 4 members (excludes halogenated alkanes) is 1. The molecular weight excluding hydrogens is 225 g/mol. The van der Waals surface area contributed by atoms with Crippen molar-refractivity contribution in [1.82, 2.24) is 0 Å². The molecule has 0 amide bonds. The van der Waals surface area contributed by atoms with Crippen LogP contribution in [0.3, 0.4) is 0 Å². The van der Waals surface area contributed by atoms with E-state index in [-0.39, 0.29) is 5.39 Å². The van der Waals surface area contributed by atoms with Crippen LogP contribution in [-0.2, 0) is 6.42 Å². The first-order valence-electron chi connectivity index (χ1n) is 5.69. The van der Waals surface area contributed by atoms with Gasteiger partial charge in [0, 0.05) is 11.5 Å². The van der Waals surface area contributed by atoms with Gasteiger partial charge in [0.15, 0.2) is 0 Å². The summed E-state index contributed by atoms with van der Waals surface area (Å²) in [4.78, 5) is 0. The highest BCUT2D eigenvalue weighted by atomic mass is 19.1. The van der Waals surface area contributed by atoms with E-state index in [1.165, 1.54) is 6.07 Å². The van der Waals surface area contributed by atoms with Crippen LogP contribution < -0.4 is 0 Å². The van der Waals surface area contributed by atoms with Gasteiger partial charge in [-0.15, -0.1) is 0 Å². The van der Waals surface area contributed by atoms with Crippen molar-refractivity contribution in [3.05, 3.63) is 47.3 Å². The van der Waals surface area contributed by atoms with Gasteiger partial charge in [0.2, 0.25) is 0 Å². The van der Waals surface area contributed by atoms with Crippen molar-refractivity contribution in [1.29, 1.82) is 0 Å². The molecule has 0 unspecified atom stereocenters. The van der Waals surface area contributed by atoms with E-state index in [9.17, 15) is 13.2 Å². The van der Waals surface area contributed by atoms with Crippen molar-refractivity contribution in [2.75, 3.05) is 0 Å². The van der Waals surface area contributed by atoms with Crippen molar-refractivity contribution in [2.24, 2.45) is 0 Å². The second-order valence-electron chi connectivity index (χ2n) is 4.15. The molecule has 0 nitrogen and oxygen atoms in total. The van der Waals surface area contributed by atoms with Crippen LogP contribution >= 0.6 is 0 Å². The van der Waals surface area contributed by atoms with Gasteiger partial charge >= 0.3 is 0 Å². The molecule has 2 aromatic rings. The van der Waals surface area contributed by atoms with Gasteiger partial charge in [0.05, 0.1) is 0 Å². The van der Waals surface area contributed by atoms with E-state index in [4.69, 9.17) is 0 Å². The van der Waals surface area contributed by atoms with Crippen LogP contribution in [-0.4, -0.2) is 0 Å². The zero-order valence-electron chi connectivity index (χ0n) is 9.56. The smallest absolute Gasteiger partial charge is 0.134 e. The number of hydrogen-bond acceptors (Lipinski definition) is 0. The third kappa shape index (κ3) is 2.43. The van der Waals surface area contributed by atoms with E-state index in [1.807, 2.05) is 6.92 Å². The second-order valence-corrected chi connectivity index (χ2v) is 4.15. The van der Waals surface area contributed by atoms with Crippen LogP contribution in [0.5, 0.6) is 0 Å². The predicted molar refractivity (Wildman–Crippen MR) is 62.4 cm³/mol. The Kier molecular flexibility index (Phi) is 3.36. The molecule has 0 aliphatic carbocycles. The Morgan fingerprint density at radius 1 is 0.941 bits per heavy atom. The zero-order chi connectivity index (χ0) is 12.4. The molecule has 0 radical (unpaired) electrons. The highest BCUT2D eigenvalue weighted by Gasteiger charge is 2.10. The minimum atomic E-state index is -0.679. The Morgan fingerprint density at radius 2 is 1.59 bits per heavy atom. The van der Waals surface area contributed by atoms with E-state index >= 15 is 0 Å². The summed E-state index contributed by atoms with van der Waals surface area (Å²) >= 11 is 0. The molecule has 0 saturated carbocycles. The first-order valence-corrected chi connectivity index (χ1v) is 5.69. The molecule has 0 spiro atoms. The summed E-state index contributed by atoms with van der Waals surface area (Å²) in [5.41, 5.74) is 0.611. The molecule has 0 aromatic heterocycles. The van der Waals surface area contributed by atoms with Crippen LogP contribution in [0.15, 0.2) is 24.3 Å². The molecule has 90 valence electrons. The normalized spacial score (nSPS) is 11.1. The van der Waals surface area contributed by atoms with E-state index in [2.05, 4.69) is 0 Å². The summed E-state index contributed by atoms with van der Waals surface area (Å²) < 4.78 is 40.1. The first-order chi connectivity index (χ1) is 8.11. The minimum Gasteiger partial charge on any atom is -0.207 e. The number of benzene rings is 2. The largest absolute Gasteiger partial charge is 0.207 e. The molecule has 0 fully saturated rings. The van der Waals surface area contributed by atoms with Gasteiger partial charge in [-0.1, -0.05) is 13.3 Å². The number of fused-ring (bicyclic) bond motifs is 1. The molecule has 0 aliphatic rings. The van der Waals surface area contributed by atoms with Crippen LogP contribution in [0.2, 0.25) is 0 Å². The first kappa shape index (κ1) is 12.0. The number of halogens is 3. The molecule has 0 N–H and O–H groups in total. The van der Waals surface area contributed by atoms with Crippen LogP contribution in [0, 0.1) is 17.5 Å². The summed E-state index contributed by atoms with van der Waals surface area (Å²) in [6, 6.07) is 4.50. The maximum absolute atomic E-state index is 13.7. The SMILES string of the molecule is CCCCc1cc(F)cc2cc(F)cc(F)c12.